The zero-order chi connectivity index (χ0) is 16.8. The molecule has 0 bridgehead atoms. The largest absolute Gasteiger partial charge is 0.479 e. The number of ether oxygens (including phenoxy) is 1. The second kappa shape index (κ2) is 7.45. The summed E-state index contributed by atoms with van der Waals surface area (Å²) in [7, 11) is 3.99. The lowest BCUT2D eigenvalue weighted by Crippen LogP contribution is -2.22. The number of nitrogens with zero attached hydrogens (tertiary/aromatic N) is 2. The second-order valence-electron chi connectivity index (χ2n) is 5.34. The Hall–Kier alpha value is -2.82. The third kappa shape index (κ3) is 4.85. The van der Waals surface area contributed by atoms with Gasteiger partial charge in [0.15, 0.2) is 6.10 Å². The third-order valence-corrected chi connectivity index (χ3v) is 3.27. The van der Waals surface area contributed by atoms with Crippen LogP contribution in [-0.4, -0.2) is 37.5 Å². The lowest BCUT2D eigenvalue weighted by Gasteiger charge is -2.11. The quantitative estimate of drug-likeness (QED) is 0.831. The first-order valence-corrected chi connectivity index (χ1v) is 7.26. The van der Waals surface area contributed by atoms with Crippen LogP contribution in [-0.2, 0) is 4.79 Å². The minimum Gasteiger partial charge on any atom is -0.479 e. The highest BCUT2D eigenvalue weighted by Crippen LogP contribution is 2.18. The Morgan fingerprint density at radius 1 is 1.13 bits per heavy atom. The highest BCUT2D eigenvalue weighted by Gasteiger charge is 2.11. The van der Waals surface area contributed by atoms with E-state index >= 15 is 0 Å². The number of benzene rings is 2. The van der Waals surface area contributed by atoms with Gasteiger partial charge in [0, 0.05) is 26.0 Å². The number of hydrogen-bond donors (Lipinski definition) is 1. The Labute approximate surface area is 135 Å². The van der Waals surface area contributed by atoms with Crippen LogP contribution in [0.4, 0.5) is 11.4 Å². The molecule has 120 valence electrons. The van der Waals surface area contributed by atoms with Crippen molar-refractivity contribution < 1.29 is 14.6 Å². The van der Waals surface area contributed by atoms with Crippen molar-refractivity contribution in [3.8, 4) is 5.75 Å². The molecule has 0 saturated carbocycles. The molecule has 1 N–H and O–H groups in total. The number of carboxylic acid groups (broad SMARTS) is 1. The van der Waals surface area contributed by atoms with E-state index in [0.29, 0.717) is 5.75 Å². The van der Waals surface area contributed by atoms with Crippen molar-refractivity contribution in [1.82, 2.24) is 0 Å². The molecule has 23 heavy (non-hydrogen) atoms. The minimum absolute atomic E-state index is 0.521. The zero-order valence-corrected chi connectivity index (χ0v) is 13.4. The van der Waals surface area contributed by atoms with Crippen molar-refractivity contribution in [2.45, 2.75) is 13.0 Å². The monoisotopic (exact) mass is 312 g/mol. The third-order valence-electron chi connectivity index (χ3n) is 3.27. The van der Waals surface area contributed by atoms with Crippen LogP contribution in [0.1, 0.15) is 12.5 Å². The van der Waals surface area contributed by atoms with Crippen molar-refractivity contribution >= 4 is 23.6 Å². The molecule has 0 aliphatic rings. The maximum Gasteiger partial charge on any atom is 0.344 e. The van der Waals surface area contributed by atoms with Gasteiger partial charge in [-0.15, -0.1) is 0 Å². The van der Waals surface area contributed by atoms with Crippen molar-refractivity contribution in [1.29, 1.82) is 0 Å². The Morgan fingerprint density at radius 2 is 1.74 bits per heavy atom. The molecular weight excluding hydrogens is 292 g/mol. The fourth-order valence-corrected chi connectivity index (χ4v) is 1.87. The molecule has 0 radical (unpaired) electrons. The van der Waals surface area contributed by atoms with E-state index in [1.807, 2.05) is 55.4 Å². The van der Waals surface area contributed by atoms with E-state index in [2.05, 4.69) is 4.99 Å². The van der Waals surface area contributed by atoms with Gasteiger partial charge in [-0.05, 0) is 61.0 Å². The van der Waals surface area contributed by atoms with Crippen molar-refractivity contribution in [2.24, 2.45) is 4.99 Å². The van der Waals surface area contributed by atoms with Gasteiger partial charge < -0.3 is 14.7 Å². The van der Waals surface area contributed by atoms with Crippen LogP contribution in [0.5, 0.6) is 5.75 Å². The lowest BCUT2D eigenvalue weighted by atomic mass is 10.2. The van der Waals surface area contributed by atoms with Crippen molar-refractivity contribution in [3.05, 3.63) is 54.1 Å². The average Bonchev–Trinajstić information content (AvgIpc) is 2.54. The molecule has 2 aromatic rings. The average molecular weight is 312 g/mol. The number of carboxylic acids is 1. The topological polar surface area (TPSA) is 62.1 Å². The zero-order valence-electron chi connectivity index (χ0n) is 13.4. The summed E-state index contributed by atoms with van der Waals surface area (Å²) < 4.78 is 5.28. The molecule has 1 atom stereocenters. The van der Waals surface area contributed by atoms with Gasteiger partial charge in [0.25, 0.3) is 0 Å². The number of aliphatic carboxylic acids is 1. The van der Waals surface area contributed by atoms with Gasteiger partial charge in [-0.1, -0.05) is 0 Å². The molecule has 5 heteroatoms. The highest BCUT2D eigenvalue weighted by atomic mass is 16.5. The summed E-state index contributed by atoms with van der Waals surface area (Å²) >= 11 is 0. The molecule has 2 rings (SSSR count). The van der Waals surface area contributed by atoms with E-state index < -0.39 is 12.1 Å². The van der Waals surface area contributed by atoms with E-state index in [0.717, 1.165) is 16.9 Å². The molecule has 0 saturated heterocycles. The Bertz CT molecular complexity index is 676. The predicted octanol–water partition coefficient (Wildman–Crippen LogP) is 3.36. The smallest absolute Gasteiger partial charge is 0.344 e. The normalized spacial score (nSPS) is 12.1. The molecule has 0 spiro atoms. The number of rotatable bonds is 6. The number of hydrogen-bond acceptors (Lipinski definition) is 4. The highest BCUT2D eigenvalue weighted by molar-refractivity contribution is 5.82. The number of carbonyl (C=O) groups is 1. The van der Waals surface area contributed by atoms with E-state index in [9.17, 15) is 4.79 Å². The first kappa shape index (κ1) is 16.5. The fourth-order valence-electron chi connectivity index (χ4n) is 1.87. The summed E-state index contributed by atoms with van der Waals surface area (Å²) in [6.07, 6.45) is 0.888. The molecule has 0 heterocycles. The fraction of sp³-hybridized carbons (Fsp3) is 0.222. The van der Waals surface area contributed by atoms with Crippen molar-refractivity contribution in [2.75, 3.05) is 19.0 Å². The Kier molecular flexibility index (Phi) is 5.36. The first-order chi connectivity index (χ1) is 11.0. The van der Waals surface area contributed by atoms with Crippen LogP contribution < -0.4 is 9.64 Å². The summed E-state index contributed by atoms with van der Waals surface area (Å²) in [5, 5.41) is 8.81. The number of anilines is 1. The number of aliphatic imine (C=N–C) groups is 1. The lowest BCUT2D eigenvalue weighted by molar-refractivity contribution is -0.144. The van der Waals surface area contributed by atoms with Crippen LogP contribution in [0.25, 0.3) is 0 Å². The van der Waals surface area contributed by atoms with E-state index in [1.165, 1.54) is 6.92 Å². The molecule has 0 aliphatic carbocycles. The molecule has 0 amide bonds. The summed E-state index contributed by atoms with van der Waals surface area (Å²) in [6.45, 7) is 1.50. The van der Waals surface area contributed by atoms with Gasteiger partial charge in [-0.2, -0.15) is 0 Å². The van der Waals surface area contributed by atoms with E-state index in [-0.39, 0.29) is 0 Å². The molecule has 0 aromatic heterocycles. The maximum absolute atomic E-state index is 10.7. The van der Waals surface area contributed by atoms with Gasteiger partial charge in [0.05, 0.1) is 5.69 Å². The Morgan fingerprint density at radius 3 is 2.26 bits per heavy atom. The SMILES string of the molecule is C[C@H](Oc1ccc(C=Nc2ccc(N(C)C)cc2)cc1)C(=O)O. The van der Waals surface area contributed by atoms with Gasteiger partial charge in [0.1, 0.15) is 5.75 Å². The van der Waals surface area contributed by atoms with Crippen LogP contribution in [0.3, 0.4) is 0 Å². The van der Waals surface area contributed by atoms with Gasteiger partial charge in [-0.3, -0.25) is 4.99 Å². The molecule has 2 aromatic carbocycles. The predicted molar refractivity (Wildman–Crippen MR) is 92.2 cm³/mol. The second-order valence-corrected chi connectivity index (χ2v) is 5.34. The van der Waals surface area contributed by atoms with Crippen LogP contribution >= 0.6 is 0 Å². The molecule has 5 nitrogen and oxygen atoms in total. The summed E-state index contributed by atoms with van der Waals surface area (Å²) in [4.78, 5) is 17.2. The molecule has 0 aliphatic heterocycles. The summed E-state index contributed by atoms with van der Waals surface area (Å²) in [6, 6.07) is 15.1. The van der Waals surface area contributed by atoms with Gasteiger partial charge in [-0.25, -0.2) is 4.79 Å². The van der Waals surface area contributed by atoms with Crippen molar-refractivity contribution in [3.63, 3.8) is 0 Å². The van der Waals surface area contributed by atoms with Gasteiger partial charge >= 0.3 is 5.97 Å². The van der Waals surface area contributed by atoms with Crippen LogP contribution in [0.15, 0.2) is 53.5 Å². The minimum atomic E-state index is -0.989. The van der Waals surface area contributed by atoms with Crippen LogP contribution in [0.2, 0.25) is 0 Å². The maximum atomic E-state index is 10.7. The van der Waals surface area contributed by atoms with E-state index in [1.54, 1.807) is 18.3 Å². The summed E-state index contributed by atoms with van der Waals surface area (Å²) in [5.41, 5.74) is 2.91. The molecule has 0 fully saturated rings. The molecule has 0 unspecified atom stereocenters. The summed E-state index contributed by atoms with van der Waals surface area (Å²) in [5.74, 6) is -0.468. The molecular formula is C18H20N2O3. The first-order valence-electron chi connectivity index (χ1n) is 7.26. The standard InChI is InChI=1S/C18H20N2O3/c1-13(18(21)22)23-17-10-4-14(5-11-17)12-19-15-6-8-16(9-7-15)20(2)3/h4-13H,1-3H3,(H,21,22)/t13-/m0/s1. The van der Waals surface area contributed by atoms with E-state index in [4.69, 9.17) is 9.84 Å². The van der Waals surface area contributed by atoms with Crippen LogP contribution in [0, 0.1) is 0 Å². The Balaban J connectivity index is 2.01. The van der Waals surface area contributed by atoms with Gasteiger partial charge in [0.2, 0.25) is 0 Å².